The summed E-state index contributed by atoms with van der Waals surface area (Å²) in [6, 6.07) is 7.58. The highest BCUT2D eigenvalue weighted by Crippen LogP contribution is 2.29. The quantitative estimate of drug-likeness (QED) is 0.587. The molecule has 0 amide bonds. The van der Waals surface area contributed by atoms with Crippen molar-refractivity contribution in [1.29, 1.82) is 0 Å². The number of aromatic carboxylic acids is 1. The van der Waals surface area contributed by atoms with Crippen molar-refractivity contribution in [3.63, 3.8) is 0 Å². The minimum atomic E-state index is -1.10. The number of carboxylic acid groups (broad SMARTS) is 1. The molecule has 106 valence electrons. The molecule has 0 atom stereocenters. The molecular formula is C15H10O6. The molecule has 3 aromatic rings. The summed E-state index contributed by atoms with van der Waals surface area (Å²) in [6.07, 6.45) is 1.36. The average Bonchev–Trinajstić information content (AvgIpc) is 3.04. The van der Waals surface area contributed by atoms with Crippen LogP contribution in [-0.2, 0) is 0 Å². The molecule has 0 radical (unpaired) electrons. The number of rotatable bonds is 3. The lowest BCUT2D eigenvalue weighted by Gasteiger charge is -2.02. The molecular weight excluding hydrogens is 276 g/mol. The molecule has 6 heteroatoms. The third-order valence-electron chi connectivity index (χ3n) is 2.98. The Morgan fingerprint density at radius 2 is 2.05 bits per heavy atom. The summed E-state index contributed by atoms with van der Waals surface area (Å²) in [6.45, 7) is 1.57. The standard InChI is InChI=1S/C15H10O6/c1-8-13(14(16)17)10-7-9(4-5-11(10)20-8)21-15(18)12-3-2-6-19-12/h2-7H,1H3,(H,16,17). The number of ether oxygens (including phenoxy) is 1. The maximum absolute atomic E-state index is 11.8. The summed E-state index contributed by atoms with van der Waals surface area (Å²) >= 11 is 0. The Bertz CT molecular complexity index is 825. The van der Waals surface area contributed by atoms with Gasteiger partial charge in [-0.1, -0.05) is 0 Å². The van der Waals surface area contributed by atoms with Crippen molar-refractivity contribution >= 4 is 22.9 Å². The number of carbonyl (C=O) groups is 2. The van der Waals surface area contributed by atoms with Gasteiger partial charge >= 0.3 is 11.9 Å². The number of hydrogen-bond acceptors (Lipinski definition) is 5. The summed E-state index contributed by atoms with van der Waals surface area (Å²) in [5.41, 5.74) is 0.476. The highest BCUT2D eigenvalue weighted by molar-refractivity contribution is 6.04. The molecule has 0 unspecified atom stereocenters. The van der Waals surface area contributed by atoms with Crippen LogP contribution in [0.25, 0.3) is 11.0 Å². The minimum absolute atomic E-state index is 0.0564. The fraction of sp³-hybridized carbons (Fsp3) is 0.0667. The maximum Gasteiger partial charge on any atom is 0.379 e. The molecule has 0 saturated carbocycles. The highest BCUT2D eigenvalue weighted by atomic mass is 16.5. The Morgan fingerprint density at radius 3 is 2.71 bits per heavy atom. The van der Waals surface area contributed by atoms with Crippen LogP contribution in [0.2, 0.25) is 0 Å². The Labute approximate surface area is 118 Å². The van der Waals surface area contributed by atoms with E-state index in [0.717, 1.165) is 0 Å². The predicted octanol–water partition coefficient (Wildman–Crippen LogP) is 3.25. The summed E-state index contributed by atoms with van der Waals surface area (Å²) in [4.78, 5) is 23.0. The van der Waals surface area contributed by atoms with Crippen LogP contribution in [0, 0.1) is 6.92 Å². The maximum atomic E-state index is 11.8. The summed E-state index contributed by atoms with van der Waals surface area (Å²) in [5.74, 6) is -1.17. The van der Waals surface area contributed by atoms with E-state index in [1.807, 2.05) is 0 Å². The molecule has 2 heterocycles. The second-order valence-corrected chi connectivity index (χ2v) is 4.36. The van der Waals surface area contributed by atoms with E-state index in [-0.39, 0.29) is 17.1 Å². The van der Waals surface area contributed by atoms with Crippen LogP contribution in [-0.4, -0.2) is 17.0 Å². The van der Waals surface area contributed by atoms with Crippen LogP contribution in [0.15, 0.2) is 45.4 Å². The van der Waals surface area contributed by atoms with E-state index >= 15 is 0 Å². The first-order valence-electron chi connectivity index (χ1n) is 6.08. The second-order valence-electron chi connectivity index (χ2n) is 4.36. The number of carboxylic acids is 1. The molecule has 1 aromatic carbocycles. The fourth-order valence-corrected chi connectivity index (χ4v) is 2.08. The molecule has 0 spiro atoms. The van der Waals surface area contributed by atoms with Crippen molar-refractivity contribution < 1.29 is 28.3 Å². The zero-order valence-corrected chi connectivity index (χ0v) is 11.0. The molecule has 0 bridgehead atoms. The van der Waals surface area contributed by atoms with E-state index in [1.165, 1.54) is 24.5 Å². The normalized spacial score (nSPS) is 10.7. The van der Waals surface area contributed by atoms with Gasteiger partial charge in [0.25, 0.3) is 0 Å². The number of fused-ring (bicyclic) bond motifs is 1. The number of aryl methyl sites for hydroxylation is 1. The minimum Gasteiger partial charge on any atom is -0.478 e. The van der Waals surface area contributed by atoms with Crippen molar-refractivity contribution in [3.05, 3.63) is 53.7 Å². The van der Waals surface area contributed by atoms with Gasteiger partial charge in [0.2, 0.25) is 5.76 Å². The number of esters is 1. The van der Waals surface area contributed by atoms with Gasteiger partial charge in [0.1, 0.15) is 22.7 Å². The van der Waals surface area contributed by atoms with Gasteiger partial charge < -0.3 is 18.7 Å². The number of carbonyl (C=O) groups excluding carboxylic acids is 1. The van der Waals surface area contributed by atoms with Crippen LogP contribution < -0.4 is 4.74 Å². The van der Waals surface area contributed by atoms with Gasteiger partial charge in [-0.2, -0.15) is 0 Å². The highest BCUT2D eigenvalue weighted by Gasteiger charge is 2.19. The summed E-state index contributed by atoms with van der Waals surface area (Å²) < 4.78 is 15.4. The number of hydrogen-bond donors (Lipinski definition) is 1. The first-order valence-corrected chi connectivity index (χ1v) is 6.08. The van der Waals surface area contributed by atoms with E-state index in [0.29, 0.717) is 16.7 Å². The second kappa shape index (κ2) is 4.82. The fourth-order valence-electron chi connectivity index (χ4n) is 2.08. The van der Waals surface area contributed by atoms with E-state index in [9.17, 15) is 14.7 Å². The lowest BCUT2D eigenvalue weighted by Crippen LogP contribution is -2.07. The van der Waals surface area contributed by atoms with E-state index in [4.69, 9.17) is 13.6 Å². The molecule has 21 heavy (non-hydrogen) atoms. The molecule has 1 N–H and O–H groups in total. The SMILES string of the molecule is Cc1oc2ccc(OC(=O)c3ccco3)cc2c1C(=O)O. The molecule has 6 nitrogen and oxygen atoms in total. The van der Waals surface area contributed by atoms with E-state index in [1.54, 1.807) is 19.1 Å². The first-order chi connectivity index (χ1) is 10.1. The van der Waals surface area contributed by atoms with Gasteiger partial charge in [-0.3, -0.25) is 0 Å². The monoisotopic (exact) mass is 286 g/mol. The third kappa shape index (κ3) is 2.27. The molecule has 0 aliphatic heterocycles. The van der Waals surface area contributed by atoms with Crippen LogP contribution in [0.5, 0.6) is 5.75 Å². The Morgan fingerprint density at radius 1 is 1.24 bits per heavy atom. The largest absolute Gasteiger partial charge is 0.478 e. The lowest BCUT2D eigenvalue weighted by atomic mass is 10.1. The Kier molecular flexibility index (Phi) is 2.98. The number of benzene rings is 1. The molecule has 0 aliphatic carbocycles. The van der Waals surface area contributed by atoms with Crippen molar-refractivity contribution in [2.45, 2.75) is 6.92 Å². The molecule has 0 aliphatic rings. The van der Waals surface area contributed by atoms with Gasteiger partial charge in [-0.05, 0) is 37.3 Å². The van der Waals surface area contributed by atoms with E-state index < -0.39 is 11.9 Å². The Balaban J connectivity index is 1.99. The van der Waals surface area contributed by atoms with Crippen molar-refractivity contribution in [3.8, 4) is 5.75 Å². The van der Waals surface area contributed by atoms with Crippen LogP contribution >= 0.6 is 0 Å². The lowest BCUT2D eigenvalue weighted by molar-refractivity contribution is 0.0691. The zero-order chi connectivity index (χ0) is 15.0. The molecule has 3 rings (SSSR count). The predicted molar refractivity (Wildman–Crippen MR) is 71.6 cm³/mol. The Hall–Kier alpha value is -3.02. The van der Waals surface area contributed by atoms with E-state index in [2.05, 4.69) is 0 Å². The topological polar surface area (TPSA) is 89.9 Å². The van der Waals surface area contributed by atoms with Gasteiger partial charge in [-0.25, -0.2) is 9.59 Å². The third-order valence-corrected chi connectivity index (χ3v) is 2.98. The molecule has 0 fully saturated rings. The van der Waals surface area contributed by atoms with Gasteiger partial charge in [0.05, 0.1) is 6.26 Å². The van der Waals surface area contributed by atoms with Crippen molar-refractivity contribution in [2.24, 2.45) is 0 Å². The zero-order valence-electron chi connectivity index (χ0n) is 11.0. The smallest absolute Gasteiger partial charge is 0.379 e. The molecule has 2 aromatic heterocycles. The van der Waals surface area contributed by atoms with Gasteiger partial charge in [0.15, 0.2) is 0 Å². The summed E-state index contributed by atoms with van der Waals surface area (Å²) in [5, 5.41) is 9.57. The van der Waals surface area contributed by atoms with Crippen LogP contribution in [0.4, 0.5) is 0 Å². The first kappa shape index (κ1) is 13.0. The molecule has 0 saturated heterocycles. The van der Waals surface area contributed by atoms with Crippen molar-refractivity contribution in [2.75, 3.05) is 0 Å². The average molecular weight is 286 g/mol. The van der Waals surface area contributed by atoms with Gasteiger partial charge in [-0.15, -0.1) is 0 Å². The van der Waals surface area contributed by atoms with Crippen LogP contribution in [0.1, 0.15) is 26.7 Å². The van der Waals surface area contributed by atoms with Gasteiger partial charge in [0, 0.05) is 5.39 Å². The number of furan rings is 2. The summed E-state index contributed by atoms with van der Waals surface area (Å²) in [7, 11) is 0. The van der Waals surface area contributed by atoms with Crippen molar-refractivity contribution in [1.82, 2.24) is 0 Å². The van der Waals surface area contributed by atoms with Crippen LogP contribution in [0.3, 0.4) is 0 Å².